The predicted octanol–water partition coefficient (Wildman–Crippen LogP) is -9.55. The molecule has 3 aromatic rings. The molecule has 23 heteroatoms. The third kappa shape index (κ3) is 10.8. The van der Waals surface area contributed by atoms with Crippen molar-refractivity contribution in [1.29, 1.82) is 0 Å². The third-order valence-electron chi connectivity index (χ3n) is 4.76. The summed E-state index contributed by atoms with van der Waals surface area (Å²) in [5.74, 6) is -2.37. The number of carbonyl (C=O) groups is 1. The molecule has 0 aliphatic heterocycles. The number of hydrogen-bond acceptors (Lipinski definition) is 16. The van der Waals surface area contributed by atoms with E-state index < -0.39 is 60.1 Å². The topological polar surface area (TPSA) is 254 Å². The van der Waals surface area contributed by atoms with E-state index in [1.54, 1.807) is 0 Å². The Morgan fingerprint density at radius 2 is 1.64 bits per heavy atom. The van der Waals surface area contributed by atoms with Crippen LogP contribution in [-0.2, 0) is 33.5 Å². The van der Waals surface area contributed by atoms with Crippen LogP contribution in [0.25, 0.3) is 5.69 Å². The minimum absolute atomic E-state index is 0. The first-order valence-electron chi connectivity index (χ1n) is 10.1. The molecule has 0 unspecified atom stereocenters. The number of nitrogens with zero attached hydrogens (tertiary/aromatic N) is 3. The quantitative estimate of drug-likeness (QED) is 0.0337. The van der Waals surface area contributed by atoms with Gasteiger partial charge in [-0.3, -0.25) is 19.1 Å². The fourth-order valence-electron chi connectivity index (χ4n) is 2.98. The average Bonchev–Trinajstić information content (AvgIpc) is 3.22. The molecule has 0 amide bonds. The van der Waals surface area contributed by atoms with Gasteiger partial charge in [-0.15, -0.1) is 14.6 Å². The Hall–Kier alpha value is -0.630. The number of aromatic nitrogens is 2. The van der Waals surface area contributed by atoms with Gasteiger partial charge in [0.15, 0.2) is 27.8 Å². The van der Waals surface area contributed by atoms with Crippen molar-refractivity contribution in [2.75, 3.05) is 19.5 Å². The minimum atomic E-state index is -4.77. The Morgan fingerprint density at radius 1 is 1.02 bits per heavy atom. The van der Waals surface area contributed by atoms with Crippen LogP contribution in [0.4, 0.5) is 11.4 Å². The molecule has 0 aliphatic carbocycles. The van der Waals surface area contributed by atoms with Gasteiger partial charge >= 0.3 is 88.7 Å². The van der Waals surface area contributed by atoms with E-state index in [-0.39, 0.29) is 123 Å². The van der Waals surface area contributed by atoms with E-state index in [1.807, 2.05) is 0 Å². The number of carboxylic acids is 1. The molecule has 0 fully saturated rings. The van der Waals surface area contributed by atoms with Crippen molar-refractivity contribution in [2.45, 2.75) is 9.79 Å². The number of benzene rings is 2. The number of methoxy groups -OCH3 is 1. The number of H-pyrrole nitrogens is 1. The van der Waals surface area contributed by atoms with Crippen molar-refractivity contribution in [2.24, 2.45) is 10.2 Å². The molecule has 0 atom stereocenters. The van der Waals surface area contributed by atoms with Crippen LogP contribution in [0, 0.1) is 0 Å². The van der Waals surface area contributed by atoms with Gasteiger partial charge in [-0.1, -0.05) is 0 Å². The van der Waals surface area contributed by atoms with E-state index >= 15 is 0 Å². The molecular formula is C19H15N4Na3O13S3. The number of azo groups is 1. The molecule has 2 aromatic carbocycles. The maximum atomic E-state index is 12.9. The van der Waals surface area contributed by atoms with E-state index in [4.69, 9.17) is 8.92 Å². The molecule has 0 aliphatic rings. The predicted molar refractivity (Wildman–Crippen MR) is 124 cm³/mol. The first-order chi connectivity index (χ1) is 18.4. The smallest absolute Gasteiger partial charge is 0.744 e. The second-order valence-electron chi connectivity index (χ2n) is 7.09. The van der Waals surface area contributed by atoms with Crippen molar-refractivity contribution in [3.05, 3.63) is 58.5 Å². The average molecular weight is 673 g/mol. The van der Waals surface area contributed by atoms with E-state index in [0.717, 1.165) is 30.3 Å². The third-order valence-corrected chi connectivity index (χ3v) is 7.66. The van der Waals surface area contributed by atoms with Crippen LogP contribution in [0.2, 0.25) is 0 Å². The summed E-state index contributed by atoms with van der Waals surface area (Å²) in [6, 6.07) is 7.45. The number of carboxylic acid groups (broad SMARTS) is 1. The van der Waals surface area contributed by atoms with Crippen molar-refractivity contribution >= 4 is 49.6 Å². The Balaban J connectivity index is 0.00000560. The summed E-state index contributed by atoms with van der Waals surface area (Å²) in [6.07, 6.45) is 0. The number of sulfone groups is 1. The first kappa shape index (κ1) is 41.4. The number of aromatic amines is 1. The second kappa shape index (κ2) is 18.4. The largest absolute Gasteiger partial charge is 1.00 e. The molecule has 17 nitrogen and oxygen atoms in total. The van der Waals surface area contributed by atoms with Gasteiger partial charge in [0.2, 0.25) is 0 Å². The normalized spacial score (nSPS) is 11.3. The summed E-state index contributed by atoms with van der Waals surface area (Å²) < 4.78 is 72.9. The Morgan fingerprint density at radius 3 is 2.19 bits per heavy atom. The number of ether oxygens (including phenoxy) is 1. The van der Waals surface area contributed by atoms with Crippen molar-refractivity contribution in [3.63, 3.8) is 0 Å². The van der Waals surface area contributed by atoms with Crippen molar-refractivity contribution < 1.29 is 144 Å². The van der Waals surface area contributed by atoms with Crippen LogP contribution in [0.3, 0.4) is 0 Å². The molecule has 1 heterocycles. The molecule has 1 N–H and O–H groups in total. The zero-order chi connectivity index (χ0) is 28.8. The van der Waals surface area contributed by atoms with Gasteiger partial charge in [0.05, 0.1) is 40.9 Å². The molecule has 0 radical (unpaired) electrons. The van der Waals surface area contributed by atoms with Crippen LogP contribution in [0.5, 0.6) is 5.75 Å². The van der Waals surface area contributed by atoms with Gasteiger partial charge in [0.1, 0.15) is 27.2 Å². The van der Waals surface area contributed by atoms with Crippen LogP contribution in [0.15, 0.2) is 67.3 Å². The summed E-state index contributed by atoms with van der Waals surface area (Å²) in [7, 11) is -7.49. The maximum Gasteiger partial charge on any atom is 1.00 e. The summed E-state index contributed by atoms with van der Waals surface area (Å²) in [5, 5.41) is 34.1. The fourth-order valence-corrected chi connectivity index (χ4v) is 4.87. The molecule has 0 bridgehead atoms. The Kier molecular flexibility index (Phi) is 18.1. The Labute approximate surface area is 308 Å². The van der Waals surface area contributed by atoms with Gasteiger partial charge in [-0.25, -0.2) is 21.5 Å². The fraction of sp³-hybridized carbons (Fsp3) is 0.158. The number of aromatic carboxylic acids is 1. The zero-order valence-corrected chi connectivity index (χ0v) is 30.8. The molecule has 0 spiro atoms. The number of carbonyl (C=O) groups excluding carboxylic acids is 1. The van der Waals surface area contributed by atoms with E-state index in [0.29, 0.717) is 4.68 Å². The zero-order valence-electron chi connectivity index (χ0n) is 22.3. The van der Waals surface area contributed by atoms with Gasteiger partial charge in [0.25, 0.3) is 5.56 Å². The van der Waals surface area contributed by atoms with Gasteiger partial charge in [-0.05, 0) is 42.5 Å². The molecule has 0 saturated heterocycles. The Bertz CT molecular complexity index is 1660. The molecule has 210 valence electrons. The minimum Gasteiger partial charge on any atom is -0.744 e. The molecule has 1 aromatic heterocycles. The summed E-state index contributed by atoms with van der Waals surface area (Å²) in [6.45, 7) is -0.390. The standard InChI is InChI=1S/C19H18N4O13S3.3Na/c1-33-15-7-6-13(38(28,29)9-8-34-37-36-35-27)10-14(15)20-21-16-17(19(25)26)22-23(18(16)24)11-2-4-12(5-3-11)39(30,31)32;;;/h2-7,10,22,27H,8-9H2,1H3,(H,25,26)(H,30,31,32);;;/q;3*+1/p-3. The molecule has 0 saturated carbocycles. The van der Waals surface area contributed by atoms with E-state index in [2.05, 4.69) is 24.7 Å². The summed E-state index contributed by atoms with van der Waals surface area (Å²) in [5.41, 5.74) is -2.83. The monoisotopic (exact) mass is 672 g/mol. The van der Waals surface area contributed by atoms with Gasteiger partial charge < -0.3 is 24.4 Å². The van der Waals surface area contributed by atoms with Crippen molar-refractivity contribution in [3.8, 4) is 11.4 Å². The second-order valence-corrected chi connectivity index (χ2v) is 11.1. The summed E-state index contributed by atoms with van der Waals surface area (Å²) >= 11 is 0.130. The molecule has 42 heavy (non-hydrogen) atoms. The first-order valence-corrected chi connectivity index (χ1v) is 13.8. The van der Waals surface area contributed by atoms with Crippen molar-refractivity contribution in [1.82, 2.24) is 9.78 Å². The molecule has 3 rings (SSSR count). The van der Waals surface area contributed by atoms with Crippen LogP contribution in [0.1, 0.15) is 10.5 Å². The SMILES string of the molecule is COc1ccc(S(=O)(=O)CCOSOO[O-])cc1N=Nc1c(C(=O)[O-])[nH]n(-c2ccc(S(=O)(=O)[O-])cc2)c1=O.[Na+].[Na+].[Na+]. The number of nitrogens with one attached hydrogen (secondary N) is 1. The van der Waals surface area contributed by atoms with Gasteiger partial charge in [-0.2, -0.15) is 0 Å². The molecular weight excluding hydrogens is 657 g/mol. The number of hydrogen-bond donors (Lipinski definition) is 1. The van der Waals surface area contributed by atoms with Crippen LogP contribution in [-0.4, -0.2) is 56.6 Å². The van der Waals surface area contributed by atoms with E-state index in [9.17, 15) is 41.3 Å². The van der Waals surface area contributed by atoms with Gasteiger partial charge in [0, 0.05) is 0 Å². The van der Waals surface area contributed by atoms with E-state index in [1.165, 1.54) is 19.2 Å². The maximum absolute atomic E-state index is 12.9. The van der Waals surface area contributed by atoms with Crippen LogP contribution < -0.4 is 109 Å². The summed E-state index contributed by atoms with van der Waals surface area (Å²) in [4.78, 5) is 23.7. The van der Waals surface area contributed by atoms with Crippen LogP contribution >= 0.6 is 12.3 Å². The number of rotatable bonds is 13.